The maximum Gasteiger partial charge on any atom is 0.137 e. The molecule has 0 aliphatic carbocycles. The lowest BCUT2D eigenvalue weighted by molar-refractivity contribution is 0.303. The molecule has 0 aliphatic rings. The topological polar surface area (TPSA) is 21.3 Å². The molecule has 1 aromatic rings. The van der Waals surface area contributed by atoms with Gasteiger partial charge in [-0.3, -0.25) is 0 Å². The highest BCUT2D eigenvalue weighted by molar-refractivity contribution is 9.10. The predicted octanol–water partition coefficient (Wildman–Crippen LogP) is 4.13. The van der Waals surface area contributed by atoms with Crippen LogP contribution in [-0.2, 0) is 6.54 Å². The maximum atomic E-state index is 5.85. The van der Waals surface area contributed by atoms with Crippen molar-refractivity contribution in [3.05, 3.63) is 28.2 Å². The number of ether oxygens (including phenoxy) is 1. The van der Waals surface area contributed by atoms with E-state index in [0.717, 1.165) is 36.2 Å². The fourth-order valence-electron chi connectivity index (χ4n) is 1.49. The zero-order valence-electron chi connectivity index (χ0n) is 10.9. The Hall–Kier alpha value is -0.540. The van der Waals surface area contributed by atoms with Gasteiger partial charge in [0.2, 0.25) is 0 Å². The van der Waals surface area contributed by atoms with Crippen molar-refractivity contribution in [2.45, 2.75) is 46.2 Å². The normalized spacial score (nSPS) is 10.9. The van der Waals surface area contributed by atoms with Gasteiger partial charge in [0.15, 0.2) is 0 Å². The Bertz CT molecular complexity index is 339. The quantitative estimate of drug-likeness (QED) is 0.765. The third-order valence-electron chi connectivity index (χ3n) is 2.49. The minimum absolute atomic E-state index is 0.484. The zero-order chi connectivity index (χ0) is 12.7. The summed E-state index contributed by atoms with van der Waals surface area (Å²) in [6, 6.07) is 6.67. The van der Waals surface area contributed by atoms with Gasteiger partial charge in [-0.2, -0.15) is 0 Å². The Labute approximate surface area is 113 Å². The highest BCUT2D eigenvalue weighted by Crippen LogP contribution is 2.29. The smallest absolute Gasteiger partial charge is 0.137 e. The van der Waals surface area contributed by atoms with Gasteiger partial charge in [-0.25, -0.2) is 0 Å². The number of hydrogen-bond donors (Lipinski definition) is 1. The van der Waals surface area contributed by atoms with Gasteiger partial charge >= 0.3 is 0 Å². The summed E-state index contributed by atoms with van der Waals surface area (Å²) in [4.78, 5) is 0. The summed E-state index contributed by atoms with van der Waals surface area (Å²) >= 11 is 3.55. The molecule has 0 atom stereocenters. The van der Waals surface area contributed by atoms with E-state index in [2.05, 4.69) is 48.1 Å². The van der Waals surface area contributed by atoms with E-state index in [1.54, 1.807) is 0 Å². The molecule has 1 aromatic carbocycles. The van der Waals surface area contributed by atoms with E-state index in [9.17, 15) is 0 Å². The molecule has 3 heteroatoms. The molecule has 1 N–H and O–H groups in total. The van der Waals surface area contributed by atoms with Crippen LogP contribution in [0.3, 0.4) is 0 Å². The number of para-hydroxylation sites is 1. The van der Waals surface area contributed by atoms with Gasteiger partial charge in [-0.1, -0.05) is 39.3 Å². The van der Waals surface area contributed by atoms with Crippen molar-refractivity contribution < 1.29 is 4.74 Å². The number of halogens is 1. The molecular weight excluding hydrogens is 278 g/mol. The van der Waals surface area contributed by atoms with E-state index in [4.69, 9.17) is 4.74 Å². The lowest BCUT2D eigenvalue weighted by Gasteiger charge is -2.15. The summed E-state index contributed by atoms with van der Waals surface area (Å²) < 4.78 is 6.89. The van der Waals surface area contributed by atoms with E-state index < -0.39 is 0 Å². The number of hydrogen-bond acceptors (Lipinski definition) is 2. The fraction of sp³-hybridized carbons (Fsp3) is 0.571. The van der Waals surface area contributed by atoms with Gasteiger partial charge in [-0.15, -0.1) is 0 Å². The number of unbranched alkanes of at least 4 members (excludes halogenated alkanes) is 1. The van der Waals surface area contributed by atoms with E-state index in [-0.39, 0.29) is 0 Å². The molecule has 0 aromatic heterocycles. The van der Waals surface area contributed by atoms with Crippen LogP contribution in [0.2, 0.25) is 0 Å². The van der Waals surface area contributed by atoms with Crippen LogP contribution in [0.1, 0.15) is 39.2 Å². The second kappa shape index (κ2) is 7.72. The molecule has 17 heavy (non-hydrogen) atoms. The van der Waals surface area contributed by atoms with Gasteiger partial charge < -0.3 is 10.1 Å². The van der Waals surface area contributed by atoms with Crippen LogP contribution in [-0.4, -0.2) is 12.6 Å². The summed E-state index contributed by atoms with van der Waals surface area (Å²) in [5.41, 5.74) is 1.21. The lowest BCUT2D eigenvalue weighted by Crippen LogP contribution is -2.22. The third kappa shape index (κ3) is 5.09. The molecule has 0 saturated heterocycles. The van der Waals surface area contributed by atoms with E-state index in [0.29, 0.717) is 6.04 Å². The SMILES string of the molecule is CCCCOc1c(Br)cccc1CNC(C)C. The second-order valence-corrected chi connectivity index (χ2v) is 5.32. The summed E-state index contributed by atoms with van der Waals surface area (Å²) in [6.07, 6.45) is 2.25. The number of benzene rings is 1. The van der Waals surface area contributed by atoms with E-state index in [1.165, 1.54) is 5.56 Å². The minimum Gasteiger partial charge on any atom is -0.492 e. The van der Waals surface area contributed by atoms with Crippen LogP contribution < -0.4 is 10.1 Å². The summed E-state index contributed by atoms with van der Waals surface area (Å²) in [6.45, 7) is 8.10. The zero-order valence-corrected chi connectivity index (χ0v) is 12.5. The van der Waals surface area contributed by atoms with Crippen molar-refractivity contribution in [2.75, 3.05) is 6.61 Å². The van der Waals surface area contributed by atoms with Gasteiger partial charge in [-0.05, 0) is 28.4 Å². The molecule has 0 unspecified atom stereocenters. The molecule has 1 rings (SSSR count). The van der Waals surface area contributed by atoms with E-state index >= 15 is 0 Å². The minimum atomic E-state index is 0.484. The first-order chi connectivity index (χ1) is 8.15. The van der Waals surface area contributed by atoms with Crippen molar-refractivity contribution in [1.82, 2.24) is 5.32 Å². The molecule has 96 valence electrons. The predicted molar refractivity (Wildman–Crippen MR) is 76.5 cm³/mol. The Morgan fingerprint density at radius 3 is 2.76 bits per heavy atom. The molecule has 2 nitrogen and oxygen atoms in total. The van der Waals surface area contributed by atoms with Gasteiger partial charge in [0.05, 0.1) is 11.1 Å². The second-order valence-electron chi connectivity index (χ2n) is 4.47. The molecule has 0 fully saturated rings. The standard InChI is InChI=1S/C14H22BrNO/c1-4-5-9-17-14-12(10-16-11(2)3)7-6-8-13(14)15/h6-8,11,16H,4-5,9-10H2,1-3H3. The number of nitrogens with one attached hydrogen (secondary N) is 1. The summed E-state index contributed by atoms with van der Waals surface area (Å²) in [5.74, 6) is 0.981. The first-order valence-corrected chi connectivity index (χ1v) is 7.08. The summed E-state index contributed by atoms with van der Waals surface area (Å²) in [7, 11) is 0. The van der Waals surface area contributed by atoms with Gasteiger partial charge in [0, 0.05) is 18.2 Å². The van der Waals surface area contributed by atoms with Gasteiger partial charge in [0.25, 0.3) is 0 Å². The van der Waals surface area contributed by atoms with Crippen LogP contribution in [0.5, 0.6) is 5.75 Å². The van der Waals surface area contributed by atoms with Crippen LogP contribution in [0.25, 0.3) is 0 Å². The van der Waals surface area contributed by atoms with Crippen molar-refractivity contribution in [3.63, 3.8) is 0 Å². The van der Waals surface area contributed by atoms with Crippen LogP contribution in [0, 0.1) is 0 Å². The molecule has 0 bridgehead atoms. The van der Waals surface area contributed by atoms with Crippen LogP contribution >= 0.6 is 15.9 Å². The van der Waals surface area contributed by atoms with Crippen molar-refractivity contribution >= 4 is 15.9 Å². The monoisotopic (exact) mass is 299 g/mol. The Balaban J connectivity index is 2.69. The average Bonchev–Trinajstić information content (AvgIpc) is 2.29. The Morgan fingerprint density at radius 2 is 2.12 bits per heavy atom. The van der Waals surface area contributed by atoms with Crippen molar-refractivity contribution in [3.8, 4) is 5.75 Å². The molecule has 0 spiro atoms. The first-order valence-electron chi connectivity index (χ1n) is 6.28. The largest absolute Gasteiger partial charge is 0.492 e. The van der Waals surface area contributed by atoms with Crippen molar-refractivity contribution in [2.24, 2.45) is 0 Å². The van der Waals surface area contributed by atoms with E-state index in [1.807, 2.05) is 12.1 Å². The van der Waals surface area contributed by atoms with Gasteiger partial charge in [0.1, 0.15) is 5.75 Å². The molecule has 0 aliphatic heterocycles. The fourth-order valence-corrected chi connectivity index (χ4v) is 2.01. The molecule has 0 heterocycles. The lowest BCUT2D eigenvalue weighted by atomic mass is 10.2. The first kappa shape index (κ1) is 14.5. The average molecular weight is 300 g/mol. The maximum absolute atomic E-state index is 5.85. The highest BCUT2D eigenvalue weighted by Gasteiger charge is 2.08. The summed E-state index contributed by atoms with van der Waals surface area (Å²) in [5, 5.41) is 3.42. The van der Waals surface area contributed by atoms with Crippen molar-refractivity contribution in [1.29, 1.82) is 0 Å². The molecular formula is C14H22BrNO. The van der Waals surface area contributed by atoms with Crippen LogP contribution in [0.4, 0.5) is 0 Å². The molecule has 0 radical (unpaired) electrons. The van der Waals surface area contributed by atoms with Crippen LogP contribution in [0.15, 0.2) is 22.7 Å². The molecule has 0 saturated carbocycles. The highest BCUT2D eigenvalue weighted by atomic mass is 79.9. The Morgan fingerprint density at radius 1 is 1.35 bits per heavy atom. The third-order valence-corrected chi connectivity index (χ3v) is 3.12. The number of rotatable bonds is 7. The molecule has 0 amide bonds. The Kier molecular flexibility index (Phi) is 6.60.